The summed E-state index contributed by atoms with van der Waals surface area (Å²) in [5.74, 6) is -1.30. The average Bonchev–Trinajstić information content (AvgIpc) is 2.84. The topological polar surface area (TPSA) is 52.9 Å². The van der Waals surface area contributed by atoms with Crippen molar-refractivity contribution in [2.45, 2.75) is 19.1 Å². The highest BCUT2D eigenvalue weighted by Gasteiger charge is 2.45. The van der Waals surface area contributed by atoms with Gasteiger partial charge in [-0.1, -0.05) is 42.5 Å². The van der Waals surface area contributed by atoms with Crippen LogP contribution in [0.15, 0.2) is 59.7 Å². The quantitative estimate of drug-likeness (QED) is 0.927. The third kappa shape index (κ3) is 2.29. The molecule has 0 saturated heterocycles. The Kier molecular flexibility index (Phi) is 3.50. The van der Waals surface area contributed by atoms with Crippen molar-refractivity contribution in [2.24, 2.45) is 5.10 Å². The summed E-state index contributed by atoms with van der Waals surface area (Å²) in [6.07, 6.45) is 0.192. The van der Waals surface area contributed by atoms with E-state index < -0.39 is 17.4 Å². The van der Waals surface area contributed by atoms with Crippen molar-refractivity contribution >= 4 is 11.6 Å². The molecule has 0 unspecified atom stereocenters. The molecule has 1 amide bonds. The number of rotatable bonds is 2. The summed E-state index contributed by atoms with van der Waals surface area (Å²) in [4.78, 5) is 12.6. The summed E-state index contributed by atoms with van der Waals surface area (Å²) in [7, 11) is 0. The number of nitrogens with zero attached hydrogens (tertiary/aromatic N) is 2. The molecular weight excluding hydrogens is 283 g/mol. The largest absolute Gasteiger partial charge is 0.365 e. The summed E-state index contributed by atoms with van der Waals surface area (Å²) in [6, 6.07) is 14.5. The van der Waals surface area contributed by atoms with E-state index in [1.54, 1.807) is 37.3 Å². The lowest BCUT2D eigenvalue weighted by Gasteiger charge is -2.31. The van der Waals surface area contributed by atoms with Gasteiger partial charge in [-0.15, -0.1) is 0 Å². The van der Waals surface area contributed by atoms with Crippen LogP contribution in [0.2, 0.25) is 0 Å². The van der Waals surface area contributed by atoms with E-state index in [-0.39, 0.29) is 12.0 Å². The van der Waals surface area contributed by atoms with E-state index in [2.05, 4.69) is 5.10 Å². The Morgan fingerprint density at radius 1 is 1.18 bits per heavy atom. The molecule has 0 bridgehead atoms. The Morgan fingerprint density at radius 3 is 2.50 bits per heavy atom. The van der Waals surface area contributed by atoms with E-state index >= 15 is 0 Å². The monoisotopic (exact) mass is 298 g/mol. The molecule has 1 N–H and O–H groups in total. The highest BCUT2D eigenvalue weighted by molar-refractivity contribution is 5.98. The number of hydrogen-bond donors (Lipinski definition) is 1. The van der Waals surface area contributed by atoms with Gasteiger partial charge in [-0.05, 0) is 19.1 Å². The highest BCUT2D eigenvalue weighted by Crippen LogP contribution is 2.36. The summed E-state index contributed by atoms with van der Waals surface area (Å²) in [5.41, 5.74) is -0.559. The van der Waals surface area contributed by atoms with Crippen LogP contribution in [0.5, 0.6) is 0 Å². The predicted molar refractivity (Wildman–Crippen MR) is 80.6 cm³/mol. The maximum atomic E-state index is 13.9. The normalized spacial score (nSPS) is 20.9. The molecule has 4 nitrogen and oxygen atoms in total. The molecule has 1 atom stereocenters. The fraction of sp³-hybridized carbons (Fsp3) is 0.176. The van der Waals surface area contributed by atoms with E-state index in [4.69, 9.17) is 0 Å². The van der Waals surface area contributed by atoms with Gasteiger partial charge >= 0.3 is 0 Å². The van der Waals surface area contributed by atoms with E-state index in [9.17, 15) is 14.3 Å². The van der Waals surface area contributed by atoms with Crippen LogP contribution in [0.4, 0.5) is 4.39 Å². The number of halogens is 1. The van der Waals surface area contributed by atoms with E-state index in [0.717, 1.165) is 5.01 Å². The average molecular weight is 298 g/mol. The fourth-order valence-electron chi connectivity index (χ4n) is 2.61. The first-order chi connectivity index (χ1) is 10.5. The number of hydrogen-bond acceptors (Lipinski definition) is 3. The zero-order chi connectivity index (χ0) is 15.7. The molecule has 2 aromatic carbocycles. The van der Waals surface area contributed by atoms with Gasteiger partial charge in [-0.3, -0.25) is 4.79 Å². The number of carbonyl (C=O) groups is 1. The molecule has 1 aliphatic rings. The van der Waals surface area contributed by atoms with E-state index in [0.29, 0.717) is 11.3 Å². The van der Waals surface area contributed by atoms with E-state index in [1.165, 1.54) is 18.2 Å². The third-order valence-electron chi connectivity index (χ3n) is 3.66. The van der Waals surface area contributed by atoms with Gasteiger partial charge in [0.15, 0.2) is 5.72 Å². The molecule has 0 spiro atoms. The summed E-state index contributed by atoms with van der Waals surface area (Å²) in [5, 5.41) is 16.1. The molecule has 2 aromatic rings. The number of hydrazone groups is 1. The van der Waals surface area contributed by atoms with Crippen molar-refractivity contribution < 1.29 is 14.3 Å². The second-order valence-corrected chi connectivity index (χ2v) is 5.29. The lowest BCUT2D eigenvalue weighted by molar-refractivity contribution is -0.0766. The minimum Gasteiger partial charge on any atom is -0.365 e. The second kappa shape index (κ2) is 5.35. The third-order valence-corrected chi connectivity index (χ3v) is 3.66. The molecule has 5 heteroatoms. The molecular formula is C17H15FN2O2. The van der Waals surface area contributed by atoms with Crippen molar-refractivity contribution in [1.82, 2.24) is 5.01 Å². The molecule has 1 aliphatic heterocycles. The Bertz CT molecular complexity index is 745. The molecule has 0 radical (unpaired) electrons. The molecule has 112 valence electrons. The second-order valence-electron chi connectivity index (χ2n) is 5.29. The lowest BCUT2D eigenvalue weighted by atomic mass is 9.97. The van der Waals surface area contributed by atoms with Gasteiger partial charge in [0, 0.05) is 17.7 Å². The van der Waals surface area contributed by atoms with Gasteiger partial charge in [0.2, 0.25) is 0 Å². The van der Waals surface area contributed by atoms with Crippen LogP contribution in [0.3, 0.4) is 0 Å². The van der Waals surface area contributed by atoms with Crippen molar-refractivity contribution in [1.29, 1.82) is 0 Å². The van der Waals surface area contributed by atoms with Crippen LogP contribution in [0, 0.1) is 5.82 Å². The Labute approximate surface area is 127 Å². The summed E-state index contributed by atoms with van der Waals surface area (Å²) in [6.45, 7) is 1.72. The first-order valence-electron chi connectivity index (χ1n) is 6.93. The van der Waals surface area contributed by atoms with Crippen molar-refractivity contribution in [3.63, 3.8) is 0 Å². The lowest BCUT2D eigenvalue weighted by Crippen LogP contribution is -2.43. The van der Waals surface area contributed by atoms with Crippen LogP contribution in [0.25, 0.3) is 0 Å². The van der Waals surface area contributed by atoms with Gasteiger partial charge in [0.25, 0.3) is 5.91 Å². The predicted octanol–water partition coefficient (Wildman–Crippen LogP) is 2.89. The first-order valence-corrected chi connectivity index (χ1v) is 6.93. The van der Waals surface area contributed by atoms with Crippen LogP contribution in [-0.4, -0.2) is 21.7 Å². The SMILES string of the molecule is CC1=NN(C(=O)c2ccccc2F)[C@@](O)(c2ccccc2)C1. The number of benzene rings is 2. The smallest absolute Gasteiger partial charge is 0.279 e. The Hall–Kier alpha value is -2.53. The Balaban J connectivity index is 2.04. The molecule has 0 fully saturated rings. The zero-order valence-electron chi connectivity index (χ0n) is 12.0. The standard InChI is InChI=1S/C17H15FN2O2/c1-12-11-17(22,13-7-3-2-4-8-13)20(19-12)16(21)14-9-5-6-10-15(14)18/h2-10,22H,11H2,1H3/t17-/m0/s1. The Morgan fingerprint density at radius 2 is 1.82 bits per heavy atom. The fourth-order valence-corrected chi connectivity index (χ4v) is 2.61. The minimum atomic E-state index is -1.59. The molecule has 0 aromatic heterocycles. The maximum absolute atomic E-state index is 13.9. The van der Waals surface area contributed by atoms with Crippen molar-refractivity contribution in [3.05, 3.63) is 71.5 Å². The molecule has 0 aliphatic carbocycles. The summed E-state index contributed by atoms with van der Waals surface area (Å²) < 4.78 is 13.9. The highest BCUT2D eigenvalue weighted by atomic mass is 19.1. The number of amides is 1. The van der Waals surface area contributed by atoms with Gasteiger partial charge in [0.1, 0.15) is 5.82 Å². The maximum Gasteiger partial charge on any atom is 0.279 e. The summed E-state index contributed by atoms with van der Waals surface area (Å²) >= 11 is 0. The van der Waals surface area contributed by atoms with Gasteiger partial charge in [0.05, 0.1) is 5.56 Å². The van der Waals surface area contributed by atoms with Crippen LogP contribution < -0.4 is 0 Å². The van der Waals surface area contributed by atoms with E-state index in [1.807, 2.05) is 6.07 Å². The van der Waals surface area contributed by atoms with Gasteiger partial charge in [-0.25, -0.2) is 4.39 Å². The van der Waals surface area contributed by atoms with Crippen LogP contribution in [-0.2, 0) is 5.72 Å². The molecule has 1 heterocycles. The minimum absolute atomic E-state index is 0.115. The molecule has 0 saturated carbocycles. The van der Waals surface area contributed by atoms with Crippen LogP contribution >= 0.6 is 0 Å². The first kappa shape index (κ1) is 14.4. The zero-order valence-corrected chi connectivity index (χ0v) is 12.0. The van der Waals surface area contributed by atoms with Crippen molar-refractivity contribution in [2.75, 3.05) is 0 Å². The molecule has 22 heavy (non-hydrogen) atoms. The van der Waals surface area contributed by atoms with Gasteiger partial charge in [-0.2, -0.15) is 10.1 Å². The van der Waals surface area contributed by atoms with Crippen LogP contribution in [0.1, 0.15) is 29.3 Å². The number of carbonyl (C=O) groups excluding carboxylic acids is 1. The number of aliphatic hydroxyl groups is 1. The molecule has 3 rings (SSSR count). The van der Waals surface area contributed by atoms with Crippen molar-refractivity contribution in [3.8, 4) is 0 Å². The van der Waals surface area contributed by atoms with Gasteiger partial charge < -0.3 is 5.11 Å².